The van der Waals surface area contributed by atoms with Crippen LogP contribution in [0.1, 0.15) is 0 Å². The summed E-state index contributed by atoms with van der Waals surface area (Å²) in [4.78, 5) is 4.65. The molecule has 1 aliphatic heterocycles. The van der Waals surface area contributed by atoms with Gasteiger partial charge in [0, 0.05) is 36.0 Å². The second kappa shape index (κ2) is 6.68. The van der Waals surface area contributed by atoms with Crippen molar-refractivity contribution in [3.8, 4) is 0 Å². The molecule has 6 nitrogen and oxygen atoms in total. The van der Waals surface area contributed by atoms with Crippen molar-refractivity contribution in [3.63, 3.8) is 0 Å². The van der Waals surface area contributed by atoms with E-state index in [-0.39, 0.29) is 4.90 Å². The number of fused-ring (bicyclic) bond motifs is 1. The lowest BCUT2D eigenvalue weighted by Crippen LogP contribution is -2.44. The van der Waals surface area contributed by atoms with Crippen LogP contribution in [0.15, 0.2) is 57.9 Å². The quantitative estimate of drug-likeness (QED) is 0.634. The molecule has 0 radical (unpaired) electrons. The molecule has 1 saturated heterocycles. The molecule has 0 atom stereocenters. The first-order valence-corrected chi connectivity index (χ1v) is 10.6. The van der Waals surface area contributed by atoms with Crippen molar-refractivity contribution in [2.75, 3.05) is 38.1 Å². The van der Waals surface area contributed by atoms with Crippen molar-refractivity contribution in [2.24, 2.45) is 0 Å². The Kier molecular flexibility index (Phi) is 4.50. The summed E-state index contributed by atoms with van der Waals surface area (Å²) < 4.78 is 28.4. The summed E-state index contributed by atoms with van der Waals surface area (Å²) in [6.07, 6.45) is 0. The number of likely N-dealkylation sites (N-methyl/N-ethyl adjacent to an activating group) is 1. The molecule has 0 bridgehead atoms. The zero-order valence-corrected chi connectivity index (χ0v) is 16.7. The first kappa shape index (κ1) is 17.5. The van der Waals surface area contributed by atoms with Gasteiger partial charge in [-0.05, 0) is 37.4 Å². The van der Waals surface area contributed by atoms with Gasteiger partial charge in [-0.25, -0.2) is 0 Å². The lowest BCUT2D eigenvalue weighted by Gasteiger charge is -2.32. The molecule has 1 fully saturated rings. The third-order valence-corrected chi connectivity index (χ3v) is 6.76. The summed E-state index contributed by atoms with van der Waals surface area (Å²) in [5, 5.41) is 5.38. The van der Waals surface area contributed by atoms with Crippen LogP contribution in [-0.4, -0.2) is 55.7 Å². The number of piperazine rings is 1. The fourth-order valence-electron chi connectivity index (χ4n) is 3.18. The van der Waals surface area contributed by atoms with Crippen LogP contribution in [0, 0.1) is 0 Å². The van der Waals surface area contributed by atoms with E-state index in [1.807, 2.05) is 12.1 Å². The topological polar surface area (TPSA) is 58.4 Å². The molecule has 2 aromatic carbocycles. The van der Waals surface area contributed by atoms with Gasteiger partial charge >= 0.3 is 0 Å². The maximum absolute atomic E-state index is 13.1. The lowest BCUT2D eigenvalue weighted by atomic mass is 10.2. The van der Waals surface area contributed by atoms with Crippen LogP contribution in [0.3, 0.4) is 0 Å². The number of benzene rings is 2. The van der Waals surface area contributed by atoms with E-state index in [1.54, 1.807) is 36.4 Å². The molecule has 1 aromatic heterocycles. The highest BCUT2D eigenvalue weighted by Crippen LogP contribution is 2.31. The fraction of sp³-hybridized carbons (Fsp3) is 0.278. The van der Waals surface area contributed by atoms with Crippen LogP contribution in [-0.2, 0) is 10.0 Å². The molecule has 136 valence electrons. The Hall–Kier alpha value is -1.90. The highest BCUT2D eigenvalue weighted by atomic mass is 79.9. The Labute approximate surface area is 161 Å². The molecule has 0 saturated carbocycles. The largest absolute Gasteiger partial charge is 0.352 e. The first-order chi connectivity index (χ1) is 12.5. The number of halogens is 1. The molecular weight excluding hydrogens is 416 g/mol. The summed E-state index contributed by atoms with van der Waals surface area (Å²) >= 11 is 3.49. The molecule has 0 N–H and O–H groups in total. The van der Waals surface area contributed by atoms with E-state index in [1.165, 1.54) is 0 Å². The third kappa shape index (κ3) is 3.02. The minimum absolute atomic E-state index is 0.234. The Balaban J connectivity index is 1.89. The smallest absolute Gasteiger partial charge is 0.283 e. The average Bonchev–Trinajstić information content (AvgIpc) is 3.02. The molecule has 0 aliphatic carbocycles. The fourth-order valence-corrected chi connectivity index (χ4v) is 4.84. The normalized spacial score (nSPS) is 16.3. The van der Waals surface area contributed by atoms with Gasteiger partial charge in [0.15, 0.2) is 5.82 Å². The number of anilines is 1. The Morgan fingerprint density at radius 3 is 2.38 bits per heavy atom. The van der Waals surface area contributed by atoms with E-state index < -0.39 is 10.0 Å². The molecule has 0 unspecified atom stereocenters. The molecule has 4 rings (SSSR count). The van der Waals surface area contributed by atoms with Crippen molar-refractivity contribution in [1.29, 1.82) is 0 Å². The average molecular weight is 435 g/mol. The highest BCUT2D eigenvalue weighted by molar-refractivity contribution is 9.10. The van der Waals surface area contributed by atoms with Gasteiger partial charge in [-0.2, -0.15) is 12.5 Å². The minimum Gasteiger partial charge on any atom is -0.352 e. The van der Waals surface area contributed by atoms with Crippen LogP contribution < -0.4 is 4.90 Å². The van der Waals surface area contributed by atoms with E-state index in [0.29, 0.717) is 11.3 Å². The molecule has 8 heteroatoms. The SMILES string of the molecule is CN1CCN(c2nn(S(=O)(=O)c3ccccc3)c3ccc(Br)cc23)CC1. The second-order valence-electron chi connectivity index (χ2n) is 6.44. The standard InChI is InChI=1S/C18H19BrN4O2S/c1-21-9-11-22(12-10-21)18-16-13-14(19)7-8-17(16)23(20-18)26(24,25)15-5-3-2-4-6-15/h2-8,13H,9-12H2,1H3. The number of rotatable bonds is 3. The number of nitrogens with zero attached hydrogens (tertiary/aromatic N) is 4. The first-order valence-electron chi connectivity index (χ1n) is 8.39. The van der Waals surface area contributed by atoms with E-state index in [2.05, 4.69) is 37.9 Å². The molecule has 2 heterocycles. The Bertz CT molecular complexity index is 1040. The van der Waals surface area contributed by atoms with E-state index >= 15 is 0 Å². The van der Waals surface area contributed by atoms with Crippen LogP contribution in [0.2, 0.25) is 0 Å². The molecule has 1 aliphatic rings. The molecular formula is C18H19BrN4O2S. The van der Waals surface area contributed by atoms with Crippen molar-refractivity contribution >= 4 is 42.7 Å². The summed E-state index contributed by atoms with van der Waals surface area (Å²) in [5.74, 6) is 0.717. The second-order valence-corrected chi connectivity index (χ2v) is 9.12. The zero-order valence-electron chi connectivity index (χ0n) is 14.3. The number of hydrogen-bond donors (Lipinski definition) is 0. The predicted octanol–water partition coefficient (Wildman–Crippen LogP) is 2.79. The van der Waals surface area contributed by atoms with Crippen molar-refractivity contribution in [3.05, 3.63) is 53.0 Å². The van der Waals surface area contributed by atoms with Crippen molar-refractivity contribution in [2.45, 2.75) is 4.90 Å². The van der Waals surface area contributed by atoms with Crippen molar-refractivity contribution < 1.29 is 8.42 Å². The molecule has 0 amide bonds. The van der Waals surface area contributed by atoms with Crippen LogP contribution in [0.4, 0.5) is 5.82 Å². The summed E-state index contributed by atoms with van der Waals surface area (Å²) in [7, 11) is -1.67. The monoisotopic (exact) mass is 434 g/mol. The number of aromatic nitrogens is 2. The van der Waals surface area contributed by atoms with Gasteiger partial charge in [0.05, 0.1) is 10.4 Å². The van der Waals surface area contributed by atoms with Gasteiger partial charge < -0.3 is 9.80 Å². The molecule has 0 spiro atoms. The summed E-state index contributed by atoms with van der Waals surface area (Å²) in [5.41, 5.74) is 0.589. The maximum Gasteiger partial charge on any atom is 0.283 e. The Morgan fingerprint density at radius 2 is 1.69 bits per heavy atom. The third-order valence-electron chi connectivity index (χ3n) is 4.66. The zero-order chi connectivity index (χ0) is 18.3. The van der Waals surface area contributed by atoms with Gasteiger partial charge in [-0.15, -0.1) is 5.10 Å². The van der Waals surface area contributed by atoms with Gasteiger partial charge in [0.25, 0.3) is 10.0 Å². The van der Waals surface area contributed by atoms with E-state index in [0.717, 1.165) is 40.1 Å². The van der Waals surface area contributed by atoms with Crippen LogP contribution in [0.25, 0.3) is 10.9 Å². The van der Waals surface area contributed by atoms with E-state index in [4.69, 9.17) is 0 Å². The molecule has 3 aromatic rings. The van der Waals surface area contributed by atoms with Crippen LogP contribution >= 0.6 is 15.9 Å². The van der Waals surface area contributed by atoms with Gasteiger partial charge in [-0.1, -0.05) is 34.1 Å². The highest BCUT2D eigenvalue weighted by Gasteiger charge is 2.26. The molecule has 26 heavy (non-hydrogen) atoms. The minimum atomic E-state index is -3.75. The van der Waals surface area contributed by atoms with Gasteiger partial charge in [0.2, 0.25) is 0 Å². The summed E-state index contributed by atoms with van der Waals surface area (Å²) in [6, 6.07) is 14.0. The predicted molar refractivity (Wildman–Crippen MR) is 106 cm³/mol. The Morgan fingerprint density at radius 1 is 1.00 bits per heavy atom. The van der Waals surface area contributed by atoms with Gasteiger partial charge in [0.1, 0.15) is 0 Å². The van der Waals surface area contributed by atoms with Crippen molar-refractivity contribution in [1.82, 2.24) is 14.1 Å². The number of hydrogen-bond acceptors (Lipinski definition) is 5. The lowest BCUT2D eigenvalue weighted by molar-refractivity contribution is 0.312. The van der Waals surface area contributed by atoms with Gasteiger partial charge in [-0.3, -0.25) is 0 Å². The van der Waals surface area contributed by atoms with Crippen LogP contribution in [0.5, 0.6) is 0 Å². The maximum atomic E-state index is 13.1. The van der Waals surface area contributed by atoms with E-state index in [9.17, 15) is 8.42 Å². The summed E-state index contributed by atoms with van der Waals surface area (Å²) in [6.45, 7) is 3.49.